The Balaban J connectivity index is 2.76. The van der Waals surface area contributed by atoms with Gasteiger partial charge >= 0.3 is 0 Å². The molecular weight excluding hydrogens is 116 g/mol. The predicted molar refractivity (Wildman–Crippen MR) is 30.5 cm³/mol. The topological polar surface area (TPSA) is 45.9 Å². The molecule has 3 heteroatoms. The number of ether oxygens (including phenoxy) is 1. The summed E-state index contributed by atoms with van der Waals surface area (Å²) >= 11 is 0. The lowest BCUT2D eigenvalue weighted by Gasteiger charge is -1.89. The van der Waals surface area contributed by atoms with Gasteiger partial charge in [-0.25, -0.2) is 0 Å². The summed E-state index contributed by atoms with van der Waals surface area (Å²) in [5.74, 6) is 0.472. The van der Waals surface area contributed by atoms with Crippen molar-refractivity contribution in [3.63, 3.8) is 0 Å². The van der Waals surface area contributed by atoms with E-state index in [9.17, 15) is 0 Å². The molecule has 0 N–H and O–H groups in total. The first-order valence-electron chi connectivity index (χ1n) is 2.39. The summed E-state index contributed by atoms with van der Waals surface area (Å²) in [4.78, 5) is 3.73. The first-order valence-corrected chi connectivity index (χ1v) is 2.39. The van der Waals surface area contributed by atoms with Crippen LogP contribution in [0.15, 0.2) is 24.5 Å². The predicted octanol–water partition coefficient (Wildman–Crippen LogP) is 0.941. The Morgan fingerprint density at radius 3 is 3.11 bits per heavy atom. The molecule has 0 radical (unpaired) electrons. The lowest BCUT2D eigenvalue weighted by molar-refractivity contribution is 0.504. The van der Waals surface area contributed by atoms with Crippen LogP contribution in [-0.4, -0.2) is 4.98 Å². The van der Waals surface area contributed by atoms with Gasteiger partial charge in [-0.05, 0) is 12.1 Å². The molecule has 3 nitrogen and oxygen atoms in total. The molecule has 0 aliphatic carbocycles. The molecule has 1 aromatic rings. The Bertz CT molecular complexity index is 214. The van der Waals surface area contributed by atoms with Crippen LogP contribution in [0.1, 0.15) is 0 Å². The largest absolute Gasteiger partial charge is 0.386 e. The smallest absolute Gasteiger partial charge is 0.292 e. The summed E-state index contributed by atoms with van der Waals surface area (Å²) in [5.41, 5.74) is 0. The van der Waals surface area contributed by atoms with Crippen LogP contribution in [-0.2, 0) is 0 Å². The third-order valence-electron chi connectivity index (χ3n) is 0.798. The van der Waals surface area contributed by atoms with Gasteiger partial charge in [-0.2, -0.15) is 0 Å². The molecule has 1 aromatic heterocycles. The van der Waals surface area contributed by atoms with Crippen molar-refractivity contribution < 1.29 is 4.74 Å². The van der Waals surface area contributed by atoms with Gasteiger partial charge in [0.2, 0.25) is 0 Å². The maximum atomic E-state index is 8.02. The van der Waals surface area contributed by atoms with Gasteiger partial charge in [0.15, 0.2) is 5.75 Å². The van der Waals surface area contributed by atoms with Crippen molar-refractivity contribution in [2.45, 2.75) is 0 Å². The highest BCUT2D eigenvalue weighted by atomic mass is 16.5. The molecule has 0 amide bonds. The van der Waals surface area contributed by atoms with E-state index >= 15 is 0 Å². The normalized spacial score (nSPS) is 7.89. The summed E-state index contributed by atoms with van der Waals surface area (Å²) < 4.78 is 4.45. The van der Waals surface area contributed by atoms with Crippen LogP contribution >= 0.6 is 0 Å². The molecule has 0 spiro atoms. The molecule has 9 heavy (non-hydrogen) atoms. The second-order valence-electron chi connectivity index (χ2n) is 1.38. The molecule has 0 aromatic carbocycles. The highest BCUT2D eigenvalue weighted by Crippen LogP contribution is 2.03. The fourth-order valence-electron chi connectivity index (χ4n) is 0.460. The van der Waals surface area contributed by atoms with Crippen LogP contribution in [0.3, 0.4) is 0 Å². The third-order valence-corrected chi connectivity index (χ3v) is 0.798. The first-order chi connectivity index (χ1) is 4.43. The molecule has 0 saturated heterocycles. The van der Waals surface area contributed by atoms with Crippen molar-refractivity contribution >= 4 is 0 Å². The van der Waals surface area contributed by atoms with Gasteiger partial charge in [-0.3, -0.25) is 4.98 Å². The lowest BCUT2D eigenvalue weighted by atomic mass is 10.5. The monoisotopic (exact) mass is 120 g/mol. The maximum Gasteiger partial charge on any atom is 0.292 e. The van der Waals surface area contributed by atoms with E-state index < -0.39 is 0 Å². The molecule has 0 atom stereocenters. The Kier molecular flexibility index (Phi) is 1.66. The molecule has 1 rings (SSSR count). The molecule has 0 saturated carbocycles. The molecule has 0 unspecified atom stereocenters. The van der Waals surface area contributed by atoms with Gasteiger partial charge < -0.3 is 4.74 Å². The van der Waals surface area contributed by atoms with Crippen LogP contribution in [0.25, 0.3) is 0 Å². The quantitative estimate of drug-likeness (QED) is 0.518. The van der Waals surface area contributed by atoms with E-state index in [0.717, 1.165) is 0 Å². The minimum atomic E-state index is 0.472. The van der Waals surface area contributed by atoms with Crippen LogP contribution in [0.5, 0.6) is 5.75 Å². The van der Waals surface area contributed by atoms with Crippen molar-refractivity contribution in [1.82, 2.24) is 4.98 Å². The number of nitriles is 1. The first kappa shape index (κ1) is 5.57. The van der Waals surface area contributed by atoms with Crippen molar-refractivity contribution in [3.05, 3.63) is 24.5 Å². The van der Waals surface area contributed by atoms with E-state index in [1.54, 1.807) is 24.6 Å². The molecule has 0 aliphatic rings. The molecular formula is C6H4N2O. The third kappa shape index (κ3) is 1.42. The fraction of sp³-hybridized carbons (Fsp3) is 0. The van der Waals surface area contributed by atoms with Gasteiger partial charge in [-0.15, -0.1) is 5.26 Å². The second-order valence-corrected chi connectivity index (χ2v) is 1.38. The summed E-state index contributed by atoms with van der Waals surface area (Å²) in [5, 5.41) is 8.02. The summed E-state index contributed by atoms with van der Waals surface area (Å²) in [6.45, 7) is 0. The van der Waals surface area contributed by atoms with Crippen molar-refractivity contribution in [3.8, 4) is 12.0 Å². The number of nitrogens with zero attached hydrogens (tertiary/aromatic N) is 2. The van der Waals surface area contributed by atoms with Crippen LogP contribution in [0.2, 0.25) is 0 Å². The average Bonchev–Trinajstić information content (AvgIpc) is 1.91. The number of rotatable bonds is 1. The summed E-state index contributed by atoms with van der Waals surface area (Å²) in [7, 11) is 0. The van der Waals surface area contributed by atoms with Crippen molar-refractivity contribution in [2.75, 3.05) is 0 Å². The van der Waals surface area contributed by atoms with Gasteiger partial charge in [0.25, 0.3) is 6.26 Å². The molecule has 0 bridgehead atoms. The number of aromatic nitrogens is 1. The Morgan fingerprint density at radius 1 is 1.67 bits per heavy atom. The van der Waals surface area contributed by atoms with E-state index in [-0.39, 0.29) is 0 Å². The number of hydrogen-bond acceptors (Lipinski definition) is 3. The lowest BCUT2D eigenvalue weighted by Crippen LogP contribution is -1.80. The highest BCUT2D eigenvalue weighted by Gasteiger charge is 1.85. The standard InChI is InChI=1S/C6H4N2O/c7-5-9-6-2-1-3-8-4-6/h1-4H. The maximum absolute atomic E-state index is 8.02. The molecule has 44 valence electrons. The van der Waals surface area contributed by atoms with E-state index in [1.165, 1.54) is 6.20 Å². The van der Waals surface area contributed by atoms with Gasteiger partial charge in [0.1, 0.15) is 0 Å². The van der Waals surface area contributed by atoms with E-state index in [1.807, 2.05) is 0 Å². The zero-order valence-corrected chi connectivity index (χ0v) is 4.61. The van der Waals surface area contributed by atoms with Crippen LogP contribution < -0.4 is 4.74 Å². The van der Waals surface area contributed by atoms with Gasteiger partial charge in [0, 0.05) is 6.20 Å². The van der Waals surface area contributed by atoms with E-state index in [0.29, 0.717) is 5.75 Å². The fourth-order valence-corrected chi connectivity index (χ4v) is 0.460. The Morgan fingerprint density at radius 2 is 2.56 bits per heavy atom. The zero-order chi connectivity index (χ0) is 6.53. The average molecular weight is 120 g/mol. The minimum absolute atomic E-state index is 0.472. The van der Waals surface area contributed by atoms with Crippen molar-refractivity contribution in [1.29, 1.82) is 5.26 Å². The molecule has 0 fully saturated rings. The Hall–Kier alpha value is -1.56. The second kappa shape index (κ2) is 2.68. The van der Waals surface area contributed by atoms with Crippen molar-refractivity contribution in [2.24, 2.45) is 0 Å². The minimum Gasteiger partial charge on any atom is -0.386 e. The number of pyridine rings is 1. The SMILES string of the molecule is N#COc1cccnc1. The van der Waals surface area contributed by atoms with Gasteiger partial charge in [-0.1, -0.05) is 0 Å². The Labute approximate surface area is 52.5 Å². The number of hydrogen-bond donors (Lipinski definition) is 0. The highest BCUT2D eigenvalue weighted by molar-refractivity contribution is 5.16. The van der Waals surface area contributed by atoms with Crippen LogP contribution in [0, 0.1) is 11.5 Å². The summed E-state index contributed by atoms with van der Waals surface area (Å²) in [6, 6.07) is 3.36. The zero-order valence-electron chi connectivity index (χ0n) is 4.61. The van der Waals surface area contributed by atoms with Crippen LogP contribution in [0.4, 0.5) is 0 Å². The molecule has 0 aliphatic heterocycles. The van der Waals surface area contributed by atoms with E-state index in [4.69, 9.17) is 5.26 Å². The molecule has 1 heterocycles. The van der Waals surface area contributed by atoms with Gasteiger partial charge in [0.05, 0.1) is 6.20 Å². The summed E-state index contributed by atoms with van der Waals surface area (Å²) in [6.07, 6.45) is 4.63. The van der Waals surface area contributed by atoms with E-state index in [2.05, 4.69) is 9.72 Å².